The summed E-state index contributed by atoms with van der Waals surface area (Å²) in [4.78, 5) is 30.6. The van der Waals surface area contributed by atoms with Crippen molar-refractivity contribution in [1.82, 2.24) is 5.32 Å². The first-order chi connectivity index (χ1) is 17.9. The second kappa shape index (κ2) is 11.8. The fraction of sp³-hybridized carbons (Fsp3) is 0.250. The van der Waals surface area contributed by atoms with Crippen molar-refractivity contribution in [2.75, 3.05) is 31.9 Å². The van der Waals surface area contributed by atoms with Crippen LogP contribution in [0.1, 0.15) is 25.5 Å². The number of ether oxygens (including phenoxy) is 3. The minimum Gasteiger partial charge on any atom is -0.497 e. The fourth-order valence-electron chi connectivity index (χ4n) is 4.17. The van der Waals surface area contributed by atoms with E-state index in [4.69, 9.17) is 19.2 Å². The Balaban J connectivity index is 1.65. The van der Waals surface area contributed by atoms with Gasteiger partial charge in [-0.25, -0.2) is 9.79 Å². The smallest absolute Gasteiger partial charge is 0.338 e. The number of amidine groups is 1. The molecule has 8 nitrogen and oxygen atoms in total. The summed E-state index contributed by atoms with van der Waals surface area (Å²) in [5.74, 6) is 0.743. The molecule has 0 aliphatic carbocycles. The first-order valence-electron chi connectivity index (χ1n) is 11.8. The van der Waals surface area contributed by atoms with Crippen molar-refractivity contribution in [3.8, 4) is 11.5 Å². The highest BCUT2D eigenvalue weighted by molar-refractivity contribution is 8.14. The second-order valence-electron chi connectivity index (χ2n) is 8.19. The molecule has 2 N–H and O–H groups in total. The van der Waals surface area contributed by atoms with Crippen molar-refractivity contribution >= 4 is 45.3 Å². The van der Waals surface area contributed by atoms with Crippen molar-refractivity contribution in [1.29, 1.82) is 0 Å². The van der Waals surface area contributed by atoms with Gasteiger partial charge >= 0.3 is 5.97 Å². The summed E-state index contributed by atoms with van der Waals surface area (Å²) in [7, 11) is 3.17. The molecular weight excluding hydrogens is 490 g/mol. The molecule has 1 atom stereocenters. The van der Waals surface area contributed by atoms with E-state index in [0.29, 0.717) is 33.6 Å². The van der Waals surface area contributed by atoms with E-state index in [1.54, 1.807) is 33.3 Å². The number of aliphatic imine (C=N–C) groups is 1. The van der Waals surface area contributed by atoms with E-state index >= 15 is 0 Å². The van der Waals surface area contributed by atoms with Crippen molar-refractivity contribution in [2.45, 2.75) is 19.9 Å². The Kier molecular flexibility index (Phi) is 8.35. The van der Waals surface area contributed by atoms with E-state index in [-0.39, 0.29) is 18.3 Å². The zero-order valence-electron chi connectivity index (χ0n) is 21.2. The maximum Gasteiger partial charge on any atom is 0.338 e. The van der Waals surface area contributed by atoms with Crippen LogP contribution < -0.4 is 20.1 Å². The zero-order valence-corrected chi connectivity index (χ0v) is 22.0. The Morgan fingerprint density at radius 3 is 2.62 bits per heavy atom. The predicted octanol–water partition coefficient (Wildman–Crippen LogP) is 5.07. The van der Waals surface area contributed by atoms with Gasteiger partial charge in [-0.3, -0.25) is 4.79 Å². The van der Waals surface area contributed by atoms with Gasteiger partial charge in [-0.2, -0.15) is 0 Å². The Bertz CT molecular complexity index is 1390. The second-order valence-corrected chi connectivity index (χ2v) is 9.16. The van der Waals surface area contributed by atoms with Crippen molar-refractivity contribution in [3.05, 3.63) is 77.5 Å². The Hall–Kier alpha value is -3.98. The molecule has 4 rings (SSSR count). The monoisotopic (exact) mass is 519 g/mol. The average Bonchev–Trinajstić information content (AvgIpc) is 2.91. The summed E-state index contributed by atoms with van der Waals surface area (Å²) in [6.45, 7) is 3.82. The number of amides is 1. The van der Waals surface area contributed by atoms with Crippen LogP contribution in [0.4, 0.5) is 5.69 Å². The molecule has 0 spiro atoms. The molecule has 3 aromatic carbocycles. The van der Waals surface area contributed by atoms with Crippen LogP contribution >= 0.6 is 11.8 Å². The third kappa shape index (κ3) is 5.89. The normalized spacial score (nSPS) is 15.0. The first kappa shape index (κ1) is 26.1. The minimum atomic E-state index is -0.676. The highest BCUT2D eigenvalue weighted by Gasteiger charge is 2.33. The molecule has 1 aliphatic rings. The van der Waals surface area contributed by atoms with Crippen LogP contribution in [-0.4, -0.2) is 43.6 Å². The van der Waals surface area contributed by atoms with Crippen LogP contribution in [0, 0.1) is 0 Å². The molecule has 3 aromatic rings. The lowest BCUT2D eigenvalue weighted by atomic mass is 9.91. The van der Waals surface area contributed by atoms with Crippen LogP contribution in [0.5, 0.6) is 11.5 Å². The van der Waals surface area contributed by atoms with Crippen molar-refractivity contribution in [2.24, 2.45) is 4.99 Å². The lowest BCUT2D eigenvalue weighted by molar-refractivity contribution is -0.139. The summed E-state index contributed by atoms with van der Waals surface area (Å²) in [6, 6.07) is 18.2. The van der Waals surface area contributed by atoms with E-state index in [9.17, 15) is 9.59 Å². The summed E-state index contributed by atoms with van der Waals surface area (Å²) < 4.78 is 16.3. The maximum atomic E-state index is 13.0. The molecule has 0 bridgehead atoms. The molecule has 0 fully saturated rings. The number of hydrogen-bond donors (Lipinski definition) is 2. The number of nitrogens with zero attached hydrogens (tertiary/aromatic N) is 1. The van der Waals surface area contributed by atoms with Gasteiger partial charge in [-0.05, 0) is 42.8 Å². The number of carbonyl (C=O) groups excluding carboxylic acids is 2. The molecule has 0 saturated carbocycles. The van der Waals surface area contributed by atoms with Gasteiger partial charge in [0.15, 0.2) is 5.17 Å². The third-order valence-electron chi connectivity index (χ3n) is 5.83. The quantitative estimate of drug-likeness (QED) is 0.401. The number of anilines is 1. The van der Waals surface area contributed by atoms with E-state index in [0.717, 1.165) is 16.3 Å². The zero-order chi connectivity index (χ0) is 26.4. The topological polar surface area (TPSA) is 98.2 Å². The molecule has 0 radical (unpaired) electrons. The molecule has 1 aliphatic heterocycles. The number of methoxy groups -OCH3 is 2. The van der Waals surface area contributed by atoms with E-state index in [1.807, 2.05) is 55.5 Å². The summed E-state index contributed by atoms with van der Waals surface area (Å²) in [5, 5.41) is 8.49. The Morgan fingerprint density at radius 1 is 1.05 bits per heavy atom. The van der Waals surface area contributed by atoms with E-state index in [1.165, 1.54) is 11.8 Å². The Labute approximate surface area is 220 Å². The van der Waals surface area contributed by atoms with Gasteiger partial charge in [0.05, 0.1) is 32.2 Å². The Morgan fingerprint density at radius 2 is 1.86 bits per heavy atom. The van der Waals surface area contributed by atoms with Gasteiger partial charge in [0, 0.05) is 23.0 Å². The van der Waals surface area contributed by atoms with Crippen molar-refractivity contribution < 1.29 is 23.8 Å². The number of thioether (sulfide) groups is 1. The number of nitrogens with one attached hydrogen (secondary N) is 2. The predicted molar refractivity (Wildman–Crippen MR) is 147 cm³/mol. The van der Waals surface area contributed by atoms with Crippen LogP contribution in [0.25, 0.3) is 10.8 Å². The fourth-order valence-corrected chi connectivity index (χ4v) is 4.92. The third-order valence-corrected chi connectivity index (χ3v) is 6.72. The van der Waals surface area contributed by atoms with Gasteiger partial charge in [0.1, 0.15) is 17.5 Å². The summed E-state index contributed by atoms with van der Waals surface area (Å²) in [6.07, 6.45) is 0. The lowest BCUT2D eigenvalue weighted by Gasteiger charge is -2.27. The van der Waals surface area contributed by atoms with Gasteiger partial charge in [0.2, 0.25) is 5.91 Å². The van der Waals surface area contributed by atoms with Gasteiger partial charge in [-0.1, -0.05) is 48.2 Å². The minimum absolute atomic E-state index is 0.116. The molecule has 1 heterocycles. The standard InChI is InChI=1S/C28H29N3O5S/c1-5-36-27(33)24-17(2)29-28(37-16-23(32)30-19-10-8-11-20(15-19)34-3)31-26(24)25-21-12-7-6-9-18(21)13-14-22(25)35-4/h6-15,26H,5,16H2,1-4H3,(H,29,31)(H,30,32)/t26-/m1/s1. The number of fused-ring (bicyclic) bond motifs is 1. The van der Waals surface area contributed by atoms with Gasteiger partial charge < -0.3 is 24.8 Å². The molecule has 192 valence electrons. The average molecular weight is 520 g/mol. The maximum absolute atomic E-state index is 13.0. The SMILES string of the molecule is CCOC(=O)C1=C(C)NC(SCC(=O)Nc2cccc(OC)c2)=N[C@H]1c1c(OC)ccc2ccccc12. The largest absolute Gasteiger partial charge is 0.497 e. The van der Waals surface area contributed by atoms with Crippen LogP contribution in [0.15, 0.2) is 76.9 Å². The van der Waals surface area contributed by atoms with Crippen LogP contribution in [0.2, 0.25) is 0 Å². The molecule has 0 unspecified atom stereocenters. The number of allylic oxidation sites excluding steroid dienone is 1. The number of carbonyl (C=O) groups is 2. The van der Waals surface area contributed by atoms with E-state index in [2.05, 4.69) is 10.6 Å². The molecule has 9 heteroatoms. The van der Waals surface area contributed by atoms with Gasteiger partial charge in [0.25, 0.3) is 0 Å². The number of rotatable bonds is 8. The van der Waals surface area contributed by atoms with Crippen LogP contribution in [-0.2, 0) is 14.3 Å². The molecule has 0 aromatic heterocycles. The molecule has 37 heavy (non-hydrogen) atoms. The number of benzene rings is 3. The molecule has 1 amide bonds. The number of hydrogen-bond acceptors (Lipinski definition) is 8. The van der Waals surface area contributed by atoms with E-state index < -0.39 is 12.0 Å². The highest BCUT2D eigenvalue weighted by atomic mass is 32.2. The molecular formula is C28H29N3O5S. The summed E-state index contributed by atoms with van der Waals surface area (Å²) >= 11 is 1.25. The number of esters is 1. The van der Waals surface area contributed by atoms with Crippen molar-refractivity contribution in [3.63, 3.8) is 0 Å². The highest BCUT2D eigenvalue weighted by Crippen LogP contribution is 2.41. The van der Waals surface area contributed by atoms with Gasteiger partial charge in [-0.15, -0.1) is 0 Å². The van der Waals surface area contributed by atoms with Crippen LogP contribution in [0.3, 0.4) is 0 Å². The molecule has 0 saturated heterocycles. The first-order valence-corrected chi connectivity index (χ1v) is 12.8. The lowest BCUT2D eigenvalue weighted by Crippen LogP contribution is -2.31. The summed E-state index contributed by atoms with van der Waals surface area (Å²) in [5.41, 5.74) is 2.43.